The lowest BCUT2D eigenvalue weighted by atomic mass is 10.2. The monoisotopic (exact) mass is 393 g/mol. The van der Waals surface area contributed by atoms with Gasteiger partial charge in [-0.25, -0.2) is 0 Å². The predicted molar refractivity (Wildman–Crippen MR) is 108 cm³/mol. The fourth-order valence-corrected chi connectivity index (χ4v) is 3.49. The van der Waals surface area contributed by atoms with Gasteiger partial charge in [0.2, 0.25) is 5.91 Å². The van der Waals surface area contributed by atoms with Crippen LogP contribution in [0.25, 0.3) is 6.08 Å². The molecule has 0 unspecified atom stereocenters. The highest BCUT2D eigenvalue weighted by atomic mass is 35.5. The van der Waals surface area contributed by atoms with Gasteiger partial charge in [0.15, 0.2) is 11.5 Å². The van der Waals surface area contributed by atoms with E-state index in [0.717, 1.165) is 14.8 Å². The lowest BCUT2D eigenvalue weighted by Crippen LogP contribution is -2.28. The molecule has 0 saturated heterocycles. The Morgan fingerprint density at radius 2 is 2.04 bits per heavy atom. The van der Waals surface area contributed by atoms with E-state index in [9.17, 15) is 4.79 Å². The zero-order valence-corrected chi connectivity index (χ0v) is 17.1. The maximum absolute atomic E-state index is 12.5. The zero-order valence-electron chi connectivity index (χ0n) is 15.5. The predicted octanol–water partition coefficient (Wildman–Crippen LogP) is 5.26. The molecule has 0 saturated carbocycles. The maximum atomic E-state index is 12.5. The van der Waals surface area contributed by atoms with Gasteiger partial charge in [0.25, 0.3) is 0 Å². The number of carbonyl (C=O) groups excluding carboxylic acids is 1. The highest BCUT2D eigenvalue weighted by molar-refractivity contribution is 7.16. The largest absolute Gasteiger partial charge is 0.493 e. The number of rotatable bonds is 8. The van der Waals surface area contributed by atoms with Gasteiger partial charge in [-0.1, -0.05) is 17.7 Å². The third-order valence-electron chi connectivity index (χ3n) is 3.64. The third-order valence-corrected chi connectivity index (χ3v) is 4.85. The SMILES string of the molecule is CCN(Cc1ccc(Cl)s1)C(=O)/C=C/c1ccc(OC(C)C)c(OC)c1. The molecule has 0 aliphatic heterocycles. The molecule has 1 amide bonds. The molecule has 4 nitrogen and oxygen atoms in total. The van der Waals surface area contributed by atoms with Gasteiger partial charge in [-0.2, -0.15) is 0 Å². The Bertz CT molecular complexity index is 770. The Morgan fingerprint density at radius 1 is 1.27 bits per heavy atom. The van der Waals surface area contributed by atoms with Crippen LogP contribution in [-0.2, 0) is 11.3 Å². The van der Waals surface area contributed by atoms with Crippen LogP contribution in [0.3, 0.4) is 0 Å². The molecule has 0 fully saturated rings. The van der Waals surface area contributed by atoms with Crippen molar-refractivity contribution in [3.8, 4) is 11.5 Å². The van der Waals surface area contributed by atoms with Crippen molar-refractivity contribution in [2.24, 2.45) is 0 Å². The molecule has 2 aromatic rings. The van der Waals surface area contributed by atoms with Gasteiger partial charge >= 0.3 is 0 Å². The number of likely N-dealkylation sites (N-methyl/N-ethyl adjacent to an activating group) is 1. The van der Waals surface area contributed by atoms with Crippen molar-refractivity contribution in [1.29, 1.82) is 0 Å². The van der Waals surface area contributed by atoms with E-state index in [4.69, 9.17) is 21.1 Å². The summed E-state index contributed by atoms with van der Waals surface area (Å²) in [5, 5.41) is 0. The topological polar surface area (TPSA) is 38.8 Å². The summed E-state index contributed by atoms with van der Waals surface area (Å²) in [6.45, 7) is 7.07. The molecule has 140 valence electrons. The average Bonchev–Trinajstić information content (AvgIpc) is 3.03. The molecule has 1 heterocycles. The van der Waals surface area contributed by atoms with Crippen molar-refractivity contribution in [3.05, 3.63) is 51.2 Å². The van der Waals surface area contributed by atoms with E-state index in [1.165, 1.54) is 11.3 Å². The minimum atomic E-state index is -0.0431. The second-order valence-electron chi connectivity index (χ2n) is 5.97. The first-order valence-corrected chi connectivity index (χ1v) is 9.68. The van der Waals surface area contributed by atoms with Crippen LogP contribution in [0.2, 0.25) is 4.34 Å². The standard InChI is InChI=1S/C20H24ClNO3S/c1-5-22(13-16-8-10-19(21)26-16)20(23)11-7-15-6-9-17(25-14(2)3)18(12-15)24-4/h6-12,14H,5,13H2,1-4H3/b11-7+. The molecule has 2 rings (SSSR count). The Kier molecular flexibility index (Phi) is 7.54. The van der Waals surface area contributed by atoms with Gasteiger partial charge in [-0.3, -0.25) is 4.79 Å². The molecule has 0 radical (unpaired) electrons. The molecule has 0 bridgehead atoms. The minimum Gasteiger partial charge on any atom is -0.493 e. The fraction of sp³-hybridized carbons (Fsp3) is 0.350. The van der Waals surface area contributed by atoms with E-state index in [1.807, 2.05) is 51.1 Å². The molecule has 0 aliphatic rings. The van der Waals surface area contributed by atoms with Crippen LogP contribution in [0.1, 0.15) is 31.2 Å². The van der Waals surface area contributed by atoms with Gasteiger partial charge in [0.05, 0.1) is 24.1 Å². The van der Waals surface area contributed by atoms with Crippen LogP contribution in [0, 0.1) is 0 Å². The van der Waals surface area contributed by atoms with Crippen molar-refractivity contribution < 1.29 is 14.3 Å². The van der Waals surface area contributed by atoms with Crippen LogP contribution in [0.5, 0.6) is 11.5 Å². The third kappa shape index (κ3) is 5.78. The van der Waals surface area contributed by atoms with E-state index in [2.05, 4.69) is 0 Å². The van der Waals surface area contributed by atoms with Crippen molar-refractivity contribution in [2.45, 2.75) is 33.4 Å². The number of benzene rings is 1. The van der Waals surface area contributed by atoms with Crippen molar-refractivity contribution in [1.82, 2.24) is 4.90 Å². The molecule has 1 aromatic carbocycles. The molecular formula is C20H24ClNO3S. The normalized spacial score (nSPS) is 11.2. The fourth-order valence-electron chi connectivity index (χ4n) is 2.38. The molecule has 0 atom stereocenters. The first kappa shape index (κ1) is 20.3. The van der Waals surface area contributed by atoms with Crippen LogP contribution < -0.4 is 9.47 Å². The molecule has 0 aliphatic carbocycles. The van der Waals surface area contributed by atoms with Gasteiger partial charge in [-0.05, 0) is 56.7 Å². The van der Waals surface area contributed by atoms with E-state index in [0.29, 0.717) is 24.6 Å². The second-order valence-corrected chi connectivity index (χ2v) is 7.77. The summed E-state index contributed by atoms with van der Waals surface area (Å²) in [5.41, 5.74) is 0.876. The Labute approximate surface area is 164 Å². The zero-order chi connectivity index (χ0) is 19.1. The molecule has 0 N–H and O–H groups in total. The maximum Gasteiger partial charge on any atom is 0.246 e. The summed E-state index contributed by atoms with van der Waals surface area (Å²) in [7, 11) is 1.60. The molecule has 26 heavy (non-hydrogen) atoms. The Morgan fingerprint density at radius 3 is 2.62 bits per heavy atom. The summed E-state index contributed by atoms with van der Waals surface area (Å²) < 4.78 is 11.8. The molecule has 0 spiro atoms. The first-order chi connectivity index (χ1) is 12.4. The van der Waals surface area contributed by atoms with Crippen molar-refractivity contribution >= 4 is 34.9 Å². The van der Waals surface area contributed by atoms with Crippen LogP contribution in [0.15, 0.2) is 36.4 Å². The summed E-state index contributed by atoms with van der Waals surface area (Å²) in [6.07, 6.45) is 3.43. The van der Waals surface area contributed by atoms with E-state index < -0.39 is 0 Å². The van der Waals surface area contributed by atoms with Gasteiger partial charge in [0, 0.05) is 17.5 Å². The minimum absolute atomic E-state index is 0.0431. The highest BCUT2D eigenvalue weighted by Gasteiger charge is 2.11. The number of halogens is 1. The number of hydrogen-bond donors (Lipinski definition) is 0. The number of amides is 1. The quantitative estimate of drug-likeness (QED) is 0.574. The number of nitrogens with zero attached hydrogens (tertiary/aromatic N) is 1. The number of thiophene rings is 1. The van der Waals surface area contributed by atoms with Crippen molar-refractivity contribution in [2.75, 3.05) is 13.7 Å². The molecular weight excluding hydrogens is 370 g/mol. The lowest BCUT2D eigenvalue weighted by molar-refractivity contribution is -0.126. The second kappa shape index (κ2) is 9.64. The highest BCUT2D eigenvalue weighted by Crippen LogP contribution is 2.29. The van der Waals surface area contributed by atoms with E-state index in [-0.39, 0.29) is 12.0 Å². The number of hydrogen-bond acceptors (Lipinski definition) is 4. The first-order valence-electron chi connectivity index (χ1n) is 8.48. The number of carbonyl (C=O) groups is 1. The van der Waals surface area contributed by atoms with Crippen molar-refractivity contribution in [3.63, 3.8) is 0 Å². The van der Waals surface area contributed by atoms with E-state index in [1.54, 1.807) is 24.2 Å². The summed E-state index contributed by atoms with van der Waals surface area (Å²) in [4.78, 5) is 15.3. The molecule has 1 aromatic heterocycles. The van der Waals surface area contributed by atoms with Gasteiger partial charge < -0.3 is 14.4 Å². The van der Waals surface area contributed by atoms with Crippen LogP contribution in [0.4, 0.5) is 0 Å². The number of ether oxygens (including phenoxy) is 2. The smallest absolute Gasteiger partial charge is 0.246 e. The van der Waals surface area contributed by atoms with Crippen LogP contribution >= 0.6 is 22.9 Å². The van der Waals surface area contributed by atoms with Gasteiger partial charge in [0.1, 0.15) is 0 Å². The summed E-state index contributed by atoms with van der Waals surface area (Å²) in [5.74, 6) is 1.29. The number of methoxy groups -OCH3 is 1. The average molecular weight is 394 g/mol. The lowest BCUT2D eigenvalue weighted by Gasteiger charge is -2.18. The summed E-state index contributed by atoms with van der Waals surface area (Å²) in [6, 6.07) is 9.41. The Hall–Kier alpha value is -1.98. The van der Waals surface area contributed by atoms with E-state index >= 15 is 0 Å². The van der Waals surface area contributed by atoms with Crippen LogP contribution in [-0.4, -0.2) is 30.6 Å². The summed E-state index contributed by atoms with van der Waals surface area (Å²) >= 11 is 7.45. The Balaban J connectivity index is 2.08. The van der Waals surface area contributed by atoms with Gasteiger partial charge in [-0.15, -0.1) is 11.3 Å². The molecule has 6 heteroatoms.